The number of hydrogen-bond acceptors (Lipinski definition) is 18. The Morgan fingerprint density at radius 3 is 1.07 bits per heavy atom. The molecule has 12 rings (SSSR count). The van der Waals surface area contributed by atoms with Crippen LogP contribution >= 0.6 is 0 Å². The van der Waals surface area contributed by atoms with Gasteiger partial charge in [0.1, 0.15) is 16.4 Å². The zero-order valence-corrected chi connectivity index (χ0v) is 52.1. The van der Waals surface area contributed by atoms with E-state index in [4.69, 9.17) is 10.9 Å². The fraction of sp³-hybridized carbons (Fsp3) is 0.239. The van der Waals surface area contributed by atoms with Crippen molar-refractivity contribution in [2.24, 2.45) is 25.8 Å². The van der Waals surface area contributed by atoms with Crippen molar-refractivity contribution in [3.05, 3.63) is 234 Å². The minimum absolute atomic E-state index is 0.0810. The van der Waals surface area contributed by atoms with Gasteiger partial charge in [-0.15, -0.1) is 0 Å². The number of sulfonamides is 1. The predicted octanol–water partition coefficient (Wildman–Crippen LogP) is 4.08. The van der Waals surface area contributed by atoms with Gasteiger partial charge in [0.2, 0.25) is 10.0 Å². The second kappa shape index (κ2) is 27.2. The Labute approximate surface area is 520 Å². The van der Waals surface area contributed by atoms with E-state index in [9.17, 15) is 22.8 Å². The highest BCUT2D eigenvalue weighted by Gasteiger charge is 2.26. The molecule has 0 saturated carbocycles. The van der Waals surface area contributed by atoms with Crippen molar-refractivity contribution in [1.82, 2.24) is 45.9 Å². The summed E-state index contributed by atoms with van der Waals surface area (Å²) in [5.74, 6) is 1.59. The largest absolute Gasteiger partial charge is 0.326 e. The molecular weight excluding hydrogens is 1150 g/mol. The topological polar surface area (TPSA) is 306 Å². The van der Waals surface area contributed by atoms with Crippen molar-refractivity contribution in [3.8, 4) is 0 Å². The summed E-state index contributed by atoms with van der Waals surface area (Å²) in [6, 6.07) is 37.2. The van der Waals surface area contributed by atoms with Gasteiger partial charge in [-0.1, -0.05) is 86.5 Å². The Morgan fingerprint density at radius 1 is 0.444 bits per heavy atom. The third-order valence-electron chi connectivity index (χ3n) is 15.8. The number of benzene rings is 6. The van der Waals surface area contributed by atoms with E-state index in [0.717, 1.165) is 87.1 Å². The maximum Gasteiger partial charge on any atom is 0.279 e. The monoisotopic (exact) mass is 1230 g/mol. The zero-order chi connectivity index (χ0) is 64.0. The molecule has 0 atom stereocenters. The van der Waals surface area contributed by atoms with Crippen LogP contribution in [0.15, 0.2) is 150 Å². The Bertz CT molecular complexity index is 4870. The van der Waals surface area contributed by atoms with Crippen LogP contribution in [0.3, 0.4) is 0 Å². The average Bonchev–Trinajstić information content (AvgIpc) is 0.881. The lowest BCUT2D eigenvalue weighted by Gasteiger charge is -2.28. The van der Waals surface area contributed by atoms with E-state index in [1.807, 2.05) is 81.1 Å². The van der Waals surface area contributed by atoms with Crippen molar-refractivity contribution < 1.29 is 8.42 Å². The minimum atomic E-state index is -3.71. The van der Waals surface area contributed by atoms with Crippen LogP contribution in [0.5, 0.6) is 0 Å². The molecule has 10 N–H and O–H groups in total. The van der Waals surface area contributed by atoms with Gasteiger partial charge in [0.25, 0.3) is 16.7 Å². The van der Waals surface area contributed by atoms with Crippen molar-refractivity contribution >= 4 is 81.3 Å². The van der Waals surface area contributed by atoms with Crippen molar-refractivity contribution in [2.75, 3.05) is 54.0 Å². The molecule has 6 heterocycles. The molecule has 0 fully saturated rings. The van der Waals surface area contributed by atoms with Gasteiger partial charge in [0.15, 0.2) is 33.5 Å². The highest BCUT2D eigenvalue weighted by Crippen LogP contribution is 2.39. The van der Waals surface area contributed by atoms with Crippen LogP contribution in [0.2, 0.25) is 0 Å². The van der Waals surface area contributed by atoms with E-state index in [-0.39, 0.29) is 32.4 Å². The van der Waals surface area contributed by atoms with Crippen LogP contribution in [-0.2, 0) is 36.2 Å². The van der Waals surface area contributed by atoms with Gasteiger partial charge in [0, 0.05) is 65.4 Å². The van der Waals surface area contributed by atoms with Crippen LogP contribution in [0.25, 0.3) is 19.7 Å². The van der Waals surface area contributed by atoms with E-state index in [0.29, 0.717) is 84.9 Å². The van der Waals surface area contributed by atoms with Crippen molar-refractivity contribution in [1.29, 1.82) is 0 Å². The quantitative estimate of drug-likeness (QED) is 0.0596. The smallest absolute Gasteiger partial charge is 0.279 e. The van der Waals surface area contributed by atoms with Gasteiger partial charge in [-0.3, -0.25) is 14.4 Å². The highest BCUT2D eigenvalue weighted by atomic mass is 32.2. The Morgan fingerprint density at radius 2 is 0.744 bits per heavy atom. The van der Waals surface area contributed by atoms with Gasteiger partial charge in [-0.25, -0.2) is 43.5 Å². The highest BCUT2D eigenvalue weighted by molar-refractivity contribution is 7.89. The SMILES string of the molecule is C=c1nc2c(c(=O)[nH]1)=Nc1cc(C)c(C)cc1N2CCNCc1ccc(CN)cc1.C=c1nc2c(c(=O)[nH]1)=Nc1cc(C)c(C)cc1N2CCNCc1ccc(S(N)(=O)=O)cc1.C=c1nc2c(c(=O)[nH]1)=Nc1cc(C)c(C)cc1N2CCNCc1ccccc1. The molecule has 6 aromatic carbocycles. The Balaban J connectivity index is 0.000000149. The second-order valence-corrected chi connectivity index (χ2v) is 23.9. The maximum atomic E-state index is 12.5. The number of hydrogen-bond donors (Lipinski definition) is 8. The lowest BCUT2D eigenvalue weighted by Crippen LogP contribution is -2.43. The number of aromatic nitrogens is 6. The number of primary sulfonamides is 1. The summed E-state index contributed by atoms with van der Waals surface area (Å²) >= 11 is 0. The molecule has 0 radical (unpaired) electrons. The third-order valence-corrected chi connectivity index (χ3v) is 16.7. The molecule has 3 aliphatic rings. The Hall–Kier alpha value is -9.88. The van der Waals surface area contributed by atoms with Gasteiger partial charge in [0.05, 0.1) is 39.0 Å². The lowest BCUT2D eigenvalue weighted by atomic mass is 10.1. The van der Waals surface area contributed by atoms with Crippen molar-refractivity contribution in [2.45, 2.75) is 72.6 Å². The molecule has 0 aliphatic carbocycles. The molecule has 23 heteroatoms. The number of rotatable bonds is 17. The van der Waals surface area contributed by atoms with Gasteiger partial charge < -0.3 is 51.3 Å². The van der Waals surface area contributed by atoms with E-state index in [1.54, 1.807) is 12.1 Å². The van der Waals surface area contributed by atoms with Crippen LogP contribution in [0.4, 0.5) is 51.6 Å². The van der Waals surface area contributed by atoms with E-state index in [1.165, 1.54) is 34.4 Å². The van der Waals surface area contributed by atoms with E-state index >= 15 is 0 Å². The molecule has 0 bridgehead atoms. The molecule has 462 valence electrons. The predicted molar refractivity (Wildman–Crippen MR) is 355 cm³/mol. The molecule has 90 heavy (non-hydrogen) atoms. The molecule has 0 unspecified atom stereocenters. The number of H-pyrrole nitrogens is 3. The minimum Gasteiger partial charge on any atom is -0.326 e. The maximum absolute atomic E-state index is 12.5. The summed E-state index contributed by atoms with van der Waals surface area (Å²) in [5.41, 5.74) is 22.2. The number of nitrogens with two attached hydrogens (primary N) is 2. The number of nitrogens with zero attached hydrogens (tertiary/aromatic N) is 9. The van der Waals surface area contributed by atoms with Crippen LogP contribution in [0, 0.1) is 41.5 Å². The Kier molecular flexibility index (Phi) is 19.1. The molecule has 0 saturated heterocycles. The first-order chi connectivity index (χ1) is 43.1. The van der Waals surface area contributed by atoms with Gasteiger partial charge >= 0.3 is 0 Å². The summed E-state index contributed by atoms with van der Waals surface area (Å²) in [5, 5.41) is 16.4. The first-order valence-corrected chi connectivity index (χ1v) is 30.9. The molecule has 0 amide bonds. The molecule has 9 aromatic rings. The summed E-state index contributed by atoms with van der Waals surface area (Å²) in [4.78, 5) is 78.6. The standard InChI is InChI=1S/C23H26N6O.C22H24N6O3S.C22H23N5O/c1-14-10-19-20(11-15(14)2)29(22-21(28-19)23(30)27-16(3)26-22)9-8-25-13-18-6-4-17(12-24)5-7-18;1-13-10-18-19(11-14(13)2)28(21-20(27-18)22(29)26-15(3)25-21)9-8-24-12-16-4-6-17(7-5-16)32(23,30)31;1-14-11-18-19(12-15(14)2)27(10-9-23-13-17-7-5-4-6-8-17)21-20(26-18)22(28)25-16(3)24-21/h4-7,10-11,25H,3,8-9,12-13,24H2,1-2H3,(H,27,30);4-7,10-11,24H,3,8-9,12H2,1-2H3,(H,26,29)(H2,23,30,31);4-8,11-12,23H,3,9-10,13H2,1-2H3,(H,25,28). The van der Waals surface area contributed by atoms with Gasteiger partial charge in [-0.05, 0) is 146 Å². The fourth-order valence-electron chi connectivity index (χ4n) is 10.5. The molecular formula is C67H73N17O5S. The first-order valence-electron chi connectivity index (χ1n) is 29.4. The van der Waals surface area contributed by atoms with Crippen LogP contribution in [0.1, 0.15) is 55.6 Å². The number of fused-ring (bicyclic) bond motifs is 6. The fourth-order valence-corrected chi connectivity index (χ4v) is 11.0. The number of nitrogens with one attached hydrogen (secondary N) is 6. The lowest BCUT2D eigenvalue weighted by molar-refractivity contribution is 0.597. The normalized spacial score (nSPS) is 12.5. The van der Waals surface area contributed by atoms with Gasteiger partial charge in [-0.2, -0.15) is 0 Å². The number of aryl methyl sites for hydroxylation is 6. The first kappa shape index (κ1) is 63.1. The molecule has 22 nitrogen and oxygen atoms in total. The summed E-state index contributed by atoms with van der Waals surface area (Å²) in [6.45, 7) is 30.2. The number of aromatic amines is 3. The average molecular weight is 1230 g/mol. The zero-order valence-electron chi connectivity index (χ0n) is 51.3. The second-order valence-electron chi connectivity index (χ2n) is 22.3. The summed E-state index contributed by atoms with van der Waals surface area (Å²) < 4.78 is 22.8. The summed E-state index contributed by atoms with van der Waals surface area (Å²) in [7, 11) is -3.71. The molecule has 3 aliphatic heterocycles. The van der Waals surface area contributed by atoms with E-state index < -0.39 is 10.0 Å². The van der Waals surface area contributed by atoms with E-state index in [2.05, 4.69) is 147 Å². The third kappa shape index (κ3) is 14.5. The number of anilines is 6. The molecule has 0 spiro atoms. The van der Waals surface area contributed by atoms with Crippen LogP contribution in [-0.4, -0.2) is 77.6 Å². The summed E-state index contributed by atoms with van der Waals surface area (Å²) in [6.07, 6.45) is 0. The molecule has 3 aromatic heterocycles. The van der Waals surface area contributed by atoms with Crippen molar-refractivity contribution in [3.63, 3.8) is 0 Å². The van der Waals surface area contributed by atoms with Crippen LogP contribution < -0.4 is 90.7 Å².